The summed E-state index contributed by atoms with van der Waals surface area (Å²) >= 11 is 0. The fourth-order valence-corrected chi connectivity index (χ4v) is 3.87. The summed E-state index contributed by atoms with van der Waals surface area (Å²) < 4.78 is 52.0. The molecule has 20 heavy (non-hydrogen) atoms. The Bertz CT molecular complexity index is 548. The van der Waals surface area contributed by atoms with Gasteiger partial charge in [0.25, 0.3) is 0 Å². The molecular weight excluding hydrogens is 310 g/mol. The summed E-state index contributed by atoms with van der Waals surface area (Å²) in [5, 5.41) is 3.00. The first kappa shape index (κ1) is 17.3. The van der Waals surface area contributed by atoms with Crippen molar-refractivity contribution in [3.05, 3.63) is 29.8 Å². The highest BCUT2D eigenvalue weighted by Crippen LogP contribution is 2.25. The minimum absolute atomic E-state index is 0. The monoisotopic (exact) mass is 326 g/mol. The number of hydrogen-bond donors (Lipinski definition) is 1. The summed E-state index contributed by atoms with van der Waals surface area (Å²) in [6.07, 6.45) is 0.748. The third kappa shape index (κ3) is 3.66. The van der Waals surface area contributed by atoms with Crippen molar-refractivity contribution in [3.8, 4) is 0 Å². The first-order valence-corrected chi connectivity index (χ1v) is 7.48. The third-order valence-electron chi connectivity index (χ3n) is 3.22. The van der Waals surface area contributed by atoms with Gasteiger partial charge in [-0.1, -0.05) is 0 Å². The predicted octanol–water partition coefficient (Wildman–Crippen LogP) is 1.62. The van der Waals surface area contributed by atoms with Crippen LogP contribution in [-0.4, -0.2) is 39.4 Å². The van der Waals surface area contributed by atoms with E-state index in [0.717, 1.165) is 25.1 Å². The second-order valence-corrected chi connectivity index (χ2v) is 6.62. The van der Waals surface area contributed by atoms with E-state index in [4.69, 9.17) is 0 Å². The number of rotatable bonds is 4. The Morgan fingerprint density at radius 2 is 1.90 bits per heavy atom. The summed E-state index contributed by atoms with van der Waals surface area (Å²) in [6.45, 7) is 1.48. The van der Waals surface area contributed by atoms with Crippen LogP contribution in [0.2, 0.25) is 0 Å². The Morgan fingerprint density at radius 3 is 2.45 bits per heavy atom. The smallest absolute Gasteiger partial charge is 0.243 e. The molecule has 1 heterocycles. The molecule has 0 aliphatic carbocycles. The van der Waals surface area contributed by atoms with Gasteiger partial charge in [0.1, 0.15) is 11.6 Å². The van der Waals surface area contributed by atoms with Crippen LogP contribution < -0.4 is 5.32 Å². The first-order chi connectivity index (χ1) is 8.93. The lowest BCUT2D eigenvalue weighted by Gasteiger charge is -2.16. The molecule has 0 saturated carbocycles. The molecule has 1 aliphatic rings. The Hall–Kier alpha value is -0.760. The number of hydrogen-bond acceptors (Lipinski definition) is 3. The van der Waals surface area contributed by atoms with E-state index in [2.05, 4.69) is 5.32 Å². The SMILES string of the molecule is CNCC1CCN(S(=O)(=O)c2cc(F)cc(F)c2)C1.Cl. The molecule has 1 fully saturated rings. The number of benzene rings is 1. The number of sulfonamides is 1. The molecule has 8 heteroatoms. The molecule has 0 aromatic heterocycles. The second-order valence-electron chi connectivity index (χ2n) is 4.68. The molecule has 0 amide bonds. The van der Waals surface area contributed by atoms with Gasteiger partial charge < -0.3 is 5.32 Å². The summed E-state index contributed by atoms with van der Waals surface area (Å²) in [7, 11) is -2.00. The van der Waals surface area contributed by atoms with Crippen molar-refractivity contribution in [1.29, 1.82) is 0 Å². The zero-order valence-electron chi connectivity index (χ0n) is 11.0. The molecule has 1 N–H and O–H groups in total. The minimum Gasteiger partial charge on any atom is -0.319 e. The van der Waals surface area contributed by atoms with Gasteiger partial charge in [-0.05, 0) is 38.1 Å². The number of nitrogens with zero attached hydrogens (tertiary/aromatic N) is 1. The predicted molar refractivity (Wildman–Crippen MR) is 74.4 cm³/mol. The molecule has 114 valence electrons. The van der Waals surface area contributed by atoms with Crippen LogP contribution >= 0.6 is 12.4 Å². The van der Waals surface area contributed by atoms with E-state index in [1.54, 1.807) is 7.05 Å². The van der Waals surface area contributed by atoms with Crippen molar-refractivity contribution >= 4 is 22.4 Å². The van der Waals surface area contributed by atoms with Crippen LogP contribution in [0, 0.1) is 17.6 Å². The van der Waals surface area contributed by atoms with Crippen molar-refractivity contribution in [2.75, 3.05) is 26.7 Å². The fourth-order valence-electron chi connectivity index (χ4n) is 2.30. The van der Waals surface area contributed by atoms with E-state index in [-0.39, 0.29) is 23.2 Å². The number of halogens is 3. The topological polar surface area (TPSA) is 49.4 Å². The molecular formula is C12H17ClF2N2O2S. The molecule has 0 bridgehead atoms. The van der Waals surface area contributed by atoms with Crippen LogP contribution in [-0.2, 0) is 10.0 Å². The lowest BCUT2D eigenvalue weighted by Crippen LogP contribution is -2.30. The van der Waals surface area contributed by atoms with E-state index >= 15 is 0 Å². The van der Waals surface area contributed by atoms with Crippen molar-refractivity contribution < 1.29 is 17.2 Å². The Kier molecular flexibility index (Phi) is 5.88. The molecule has 2 rings (SSSR count). The molecule has 1 aromatic carbocycles. The van der Waals surface area contributed by atoms with Gasteiger partial charge in [0.15, 0.2) is 0 Å². The maximum absolute atomic E-state index is 13.1. The molecule has 1 unspecified atom stereocenters. The van der Waals surface area contributed by atoms with Gasteiger partial charge in [-0.2, -0.15) is 4.31 Å². The second kappa shape index (κ2) is 6.80. The van der Waals surface area contributed by atoms with Crippen LogP contribution in [0.15, 0.2) is 23.1 Å². The normalized spacial score (nSPS) is 19.9. The summed E-state index contributed by atoms with van der Waals surface area (Å²) in [4.78, 5) is -0.324. The largest absolute Gasteiger partial charge is 0.319 e. The van der Waals surface area contributed by atoms with Crippen molar-refractivity contribution in [1.82, 2.24) is 9.62 Å². The van der Waals surface area contributed by atoms with Gasteiger partial charge in [-0.25, -0.2) is 17.2 Å². The van der Waals surface area contributed by atoms with Gasteiger partial charge in [0.2, 0.25) is 10.0 Å². The van der Waals surface area contributed by atoms with E-state index < -0.39 is 21.7 Å². The standard InChI is InChI=1S/C12H16F2N2O2S.ClH/c1-15-7-9-2-3-16(8-9)19(17,18)12-5-10(13)4-11(14)6-12;/h4-6,9,15H,2-3,7-8H2,1H3;1H. The molecule has 0 spiro atoms. The van der Waals surface area contributed by atoms with Crippen LogP contribution in [0.25, 0.3) is 0 Å². The molecule has 1 aromatic rings. The highest BCUT2D eigenvalue weighted by Gasteiger charge is 2.32. The lowest BCUT2D eigenvalue weighted by atomic mass is 10.1. The fraction of sp³-hybridized carbons (Fsp3) is 0.500. The minimum atomic E-state index is -3.81. The zero-order valence-corrected chi connectivity index (χ0v) is 12.6. The molecule has 1 saturated heterocycles. The quantitative estimate of drug-likeness (QED) is 0.914. The first-order valence-electron chi connectivity index (χ1n) is 6.04. The van der Waals surface area contributed by atoms with Crippen LogP contribution in [0.3, 0.4) is 0 Å². The molecule has 1 aliphatic heterocycles. The van der Waals surface area contributed by atoms with E-state index in [9.17, 15) is 17.2 Å². The van der Waals surface area contributed by atoms with Crippen molar-refractivity contribution in [3.63, 3.8) is 0 Å². The molecule has 0 radical (unpaired) electrons. The van der Waals surface area contributed by atoms with Crippen molar-refractivity contribution in [2.24, 2.45) is 5.92 Å². The maximum Gasteiger partial charge on any atom is 0.243 e. The van der Waals surface area contributed by atoms with Crippen molar-refractivity contribution in [2.45, 2.75) is 11.3 Å². The summed E-state index contributed by atoms with van der Waals surface area (Å²) in [5.41, 5.74) is 0. The van der Waals surface area contributed by atoms with E-state index in [0.29, 0.717) is 19.2 Å². The number of nitrogens with one attached hydrogen (secondary N) is 1. The van der Waals surface area contributed by atoms with E-state index in [1.165, 1.54) is 4.31 Å². The lowest BCUT2D eigenvalue weighted by molar-refractivity contribution is 0.449. The zero-order chi connectivity index (χ0) is 14.0. The van der Waals surface area contributed by atoms with Crippen LogP contribution in [0.5, 0.6) is 0 Å². The van der Waals surface area contributed by atoms with Crippen LogP contribution in [0.1, 0.15) is 6.42 Å². The highest BCUT2D eigenvalue weighted by atomic mass is 35.5. The summed E-state index contributed by atoms with van der Waals surface area (Å²) in [6, 6.07) is 2.36. The maximum atomic E-state index is 13.1. The summed E-state index contributed by atoms with van der Waals surface area (Å²) in [5.74, 6) is -1.53. The van der Waals surface area contributed by atoms with Gasteiger partial charge >= 0.3 is 0 Å². The average molecular weight is 327 g/mol. The van der Waals surface area contributed by atoms with Gasteiger partial charge in [0, 0.05) is 19.2 Å². The highest BCUT2D eigenvalue weighted by molar-refractivity contribution is 7.89. The Morgan fingerprint density at radius 1 is 1.30 bits per heavy atom. The van der Waals surface area contributed by atoms with E-state index in [1.807, 2.05) is 0 Å². The molecule has 1 atom stereocenters. The average Bonchev–Trinajstić information content (AvgIpc) is 2.77. The van der Waals surface area contributed by atoms with Crippen LogP contribution in [0.4, 0.5) is 8.78 Å². The van der Waals surface area contributed by atoms with Gasteiger partial charge in [0.05, 0.1) is 4.90 Å². The molecule has 4 nitrogen and oxygen atoms in total. The third-order valence-corrected chi connectivity index (χ3v) is 5.06. The van der Waals surface area contributed by atoms with Gasteiger partial charge in [-0.15, -0.1) is 12.4 Å². The Labute approximate surface area is 123 Å². The van der Waals surface area contributed by atoms with Gasteiger partial charge in [-0.3, -0.25) is 0 Å². The Balaban J connectivity index is 0.00000200.